The lowest BCUT2D eigenvalue weighted by Crippen LogP contribution is -2.24. The first-order valence-electron chi connectivity index (χ1n) is 11.2. The number of methoxy groups -OCH3 is 1. The van der Waals surface area contributed by atoms with Gasteiger partial charge in [-0.05, 0) is 24.1 Å². The normalized spacial score (nSPS) is 10.9. The van der Waals surface area contributed by atoms with Crippen molar-refractivity contribution >= 4 is 29.0 Å². The maximum absolute atomic E-state index is 12.3. The van der Waals surface area contributed by atoms with Crippen LogP contribution in [0.15, 0.2) is 65.1 Å². The summed E-state index contributed by atoms with van der Waals surface area (Å²) >= 11 is 3.02. The summed E-state index contributed by atoms with van der Waals surface area (Å²) in [5.41, 5.74) is 2.51. The minimum atomic E-state index is -0.122. The molecule has 2 aromatic heterocycles. The Morgan fingerprint density at radius 2 is 1.91 bits per heavy atom. The van der Waals surface area contributed by atoms with Gasteiger partial charge in [-0.1, -0.05) is 67.6 Å². The minimum absolute atomic E-state index is 0.122. The first-order valence-corrected chi connectivity index (χ1v) is 13.0. The Kier molecular flexibility index (Phi) is 8.32. The highest BCUT2D eigenvalue weighted by atomic mass is 32.2. The Hall–Kier alpha value is -3.17. The van der Waals surface area contributed by atoms with Crippen molar-refractivity contribution < 1.29 is 9.53 Å². The van der Waals surface area contributed by atoms with Crippen molar-refractivity contribution in [3.05, 3.63) is 82.1 Å². The van der Waals surface area contributed by atoms with Crippen molar-refractivity contribution in [1.29, 1.82) is 0 Å². The predicted octanol–water partition coefficient (Wildman–Crippen LogP) is 5.15. The van der Waals surface area contributed by atoms with Crippen LogP contribution in [0.3, 0.4) is 0 Å². The molecule has 2 heterocycles. The number of carbonyl (C=O) groups is 1. The quantitative estimate of drug-likeness (QED) is 0.230. The molecule has 4 aromatic rings. The molecule has 0 unspecified atom stereocenters. The molecule has 34 heavy (non-hydrogen) atoms. The van der Waals surface area contributed by atoms with Crippen molar-refractivity contribution in [2.45, 2.75) is 37.1 Å². The fourth-order valence-electron chi connectivity index (χ4n) is 3.42. The molecular weight excluding hydrogens is 466 g/mol. The third kappa shape index (κ3) is 5.84. The second kappa shape index (κ2) is 11.8. The van der Waals surface area contributed by atoms with E-state index in [1.54, 1.807) is 18.9 Å². The van der Waals surface area contributed by atoms with Gasteiger partial charge in [-0.15, -0.1) is 21.5 Å². The van der Waals surface area contributed by atoms with E-state index in [-0.39, 0.29) is 5.91 Å². The van der Waals surface area contributed by atoms with Crippen molar-refractivity contribution in [2.24, 2.45) is 0 Å². The standard InChI is InChI=1S/C25H27N5O2S2/c1-3-4-14-26-24(31)19-16-33-23(27-19)17-34-25-29-28-22(15-18-10-6-5-7-11-18)30(25)20-12-8-9-13-21(20)32-2/h5-13,16H,3-4,14-15,17H2,1-2H3,(H,26,31). The molecule has 0 aliphatic carbocycles. The number of thiazole rings is 1. The van der Waals surface area contributed by atoms with Gasteiger partial charge in [-0.25, -0.2) is 4.98 Å². The Morgan fingerprint density at radius 1 is 1.12 bits per heavy atom. The number of carbonyl (C=O) groups excluding carboxylic acids is 1. The number of nitrogens with zero attached hydrogens (tertiary/aromatic N) is 4. The third-order valence-electron chi connectivity index (χ3n) is 5.16. The van der Waals surface area contributed by atoms with E-state index in [9.17, 15) is 4.79 Å². The molecular formula is C25H27N5O2S2. The molecule has 0 bridgehead atoms. The molecule has 7 nitrogen and oxygen atoms in total. The number of thioether (sulfide) groups is 1. The summed E-state index contributed by atoms with van der Waals surface area (Å²) in [5, 5.41) is 15.3. The second-order valence-electron chi connectivity index (χ2n) is 7.59. The fraction of sp³-hybridized carbons (Fsp3) is 0.280. The fourth-order valence-corrected chi connectivity index (χ4v) is 5.18. The molecule has 0 saturated heterocycles. The molecule has 2 aromatic carbocycles. The van der Waals surface area contributed by atoms with Crippen LogP contribution in [-0.4, -0.2) is 39.3 Å². The van der Waals surface area contributed by atoms with Gasteiger partial charge in [0.15, 0.2) is 5.16 Å². The maximum Gasteiger partial charge on any atom is 0.270 e. The SMILES string of the molecule is CCCCNC(=O)c1csc(CSc2nnc(Cc3ccccc3)n2-c2ccccc2OC)n1. The van der Waals surface area contributed by atoms with Gasteiger partial charge in [0, 0.05) is 18.3 Å². The van der Waals surface area contributed by atoms with E-state index in [4.69, 9.17) is 4.74 Å². The van der Waals surface area contributed by atoms with E-state index in [0.717, 1.165) is 45.8 Å². The number of benzene rings is 2. The Morgan fingerprint density at radius 3 is 2.71 bits per heavy atom. The lowest BCUT2D eigenvalue weighted by molar-refractivity contribution is 0.0948. The van der Waals surface area contributed by atoms with Crippen LogP contribution in [0.25, 0.3) is 5.69 Å². The number of rotatable bonds is 11. The van der Waals surface area contributed by atoms with Gasteiger partial charge in [0.2, 0.25) is 0 Å². The molecule has 4 rings (SSSR count). The summed E-state index contributed by atoms with van der Waals surface area (Å²) in [4.78, 5) is 16.8. The molecule has 0 spiro atoms. The van der Waals surface area contributed by atoms with Crippen LogP contribution in [0.1, 0.15) is 46.6 Å². The molecule has 0 atom stereocenters. The monoisotopic (exact) mass is 493 g/mol. The van der Waals surface area contributed by atoms with Gasteiger partial charge in [-0.2, -0.15) is 0 Å². The summed E-state index contributed by atoms with van der Waals surface area (Å²) in [6.45, 7) is 2.77. The number of aromatic nitrogens is 4. The summed E-state index contributed by atoms with van der Waals surface area (Å²) < 4.78 is 7.67. The average Bonchev–Trinajstić information content (AvgIpc) is 3.50. The predicted molar refractivity (Wildman–Crippen MR) is 136 cm³/mol. The van der Waals surface area contributed by atoms with Crippen molar-refractivity contribution in [1.82, 2.24) is 25.1 Å². The van der Waals surface area contributed by atoms with E-state index in [0.29, 0.717) is 24.4 Å². The largest absolute Gasteiger partial charge is 0.495 e. The highest BCUT2D eigenvalue weighted by molar-refractivity contribution is 7.98. The lowest BCUT2D eigenvalue weighted by Gasteiger charge is -2.13. The van der Waals surface area contributed by atoms with Crippen LogP contribution in [-0.2, 0) is 12.2 Å². The number of unbranched alkanes of at least 4 members (excludes halogenated alkanes) is 1. The van der Waals surface area contributed by atoms with Crippen LogP contribution in [0.5, 0.6) is 5.75 Å². The average molecular weight is 494 g/mol. The van der Waals surface area contributed by atoms with Gasteiger partial charge in [0.1, 0.15) is 22.3 Å². The summed E-state index contributed by atoms with van der Waals surface area (Å²) in [6.07, 6.45) is 2.65. The summed E-state index contributed by atoms with van der Waals surface area (Å²) in [7, 11) is 1.66. The molecule has 0 saturated carbocycles. The van der Waals surface area contributed by atoms with E-state index >= 15 is 0 Å². The van der Waals surface area contributed by atoms with Crippen LogP contribution in [0, 0.1) is 0 Å². The smallest absolute Gasteiger partial charge is 0.270 e. The van der Waals surface area contributed by atoms with Crippen molar-refractivity contribution in [3.8, 4) is 11.4 Å². The third-order valence-corrected chi connectivity index (χ3v) is 7.13. The van der Waals surface area contributed by atoms with E-state index < -0.39 is 0 Å². The van der Waals surface area contributed by atoms with E-state index in [2.05, 4.69) is 39.6 Å². The van der Waals surface area contributed by atoms with Gasteiger partial charge in [0.25, 0.3) is 5.91 Å². The molecule has 0 radical (unpaired) electrons. The maximum atomic E-state index is 12.3. The molecule has 1 amide bonds. The zero-order valence-corrected chi connectivity index (χ0v) is 20.9. The van der Waals surface area contributed by atoms with E-state index in [1.807, 2.05) is 52.4 Å². The molecule has 0 aliphatic rings. The lowest BCUT2D eigenvalue weighted by atomic mass is 10.1. The number of para-hydroxylation sites is 2. The number of hydrogen-bond donors (Lipinski definition) is 1. The number of hydrogen-bond acceptors (Lipinski definition) is 7. The number of amides is 1. The highest BCUT2D eigenvalue weighted by Crippen LogP contribution is 2.31. The second-order valence-corrected chi connectivity index (χ2v) is 9.48. The molecule has 1 N–H and O–H groups in total. The molecule has 9 heteroatoms. The van der Waals surface area contributed by atoms with Gasteiger partial charge in [0.05, 0.1) is 18.6 Å². The van der Waals surface area contributed by atoms with Crippen LogP contribution >= 0.6 is 23.1 Å². The van der Waals surface area contributed by atoms with Gasteiger partial charge >= 0.3 is 0 Å². The first-order chi connectivity index (χ1) is 16.7. The summed E-state index contributed by atoms with van der Waals surface area (Å²) in [5.74, 6) is 2.04. The highest BCUT2D eigenvalue weighted by Gasteiger charge is 2.19. The number of nitrogens with one attached hydrogen (secondary N) is 1. The van der Waals surface area contributed by atoms with Gasteiger partial charge in [-0.3, -0.25) is 9.36 Å². The van der Waals surface area contributed by atoms with Gasteiger partial charge < -0.3 is 10.1 Å². The Balaban J connectivity index is 1.56. The topological polar surface area (TPSA) is 81.9 Å². The van der Waals surface area contributed by atoms with Crippen molar-refractivity contribution in [2.75, 3.05) is 13.7 Å². The Bertz CT molecular complexity index is 1220. The zero-order valence-electron chi connectivity index (χ0n) is 19.2. The van der Waals surface area contributed by atoms with Crippen LogP contribution in [0.4, 0.5) is 0 Å². The first kappa shape index (κ1) is 24.0. The van der Waals surface area contributed by atoms with E-state index in [1.165, 1.54) is 11.3 Å². The number of ether oxygens (including phenoxy) is 1. The summed E-state index contributed by atoms with van der Waals surface area (Å²) in [6, 6.07) is 18.1. The molecule has 176 valence electrons. The minimum Gasteiger partial charge on any atom is -0.495 e. The zero-order chi connectivity index (χ0) is 23.8. The molecule has 0 aliphatic heterocycles. The van der Waals surface area contributed by atoms with Crippen LogP contribution in [0.2, 0.25) is 0 Å². The van der Waals surface area contributed by atoms with Crippen LogP contribution < -0.4 is 10.1 Å². The molecule has 0 fully saturated rings. The Labute approximate surface area is 207 Å². The van der Waals surface area contributed by atoms with Crippen molar-refractivity contribution in [3.63, 3.8) is 0 Å².